The van der Waals surface area contributed by atoms with E-state index in [9.17, 15) is 39.0 Å². The second-order valence-corrected chi connectivity index (χ2v) is 14.8. The number of benzene rings is 1. The van der Waals surface area contributed by atoms with Crippen molar-refractivity contribution in [2.75, 3.05) is 38.4 Å². The Labute approximate surface area is 261 Å². The molecule has 1 aromatic carbocycles. The van der Waals surface area contributed by atoms with Crippen molar-refractivity contribution in [1.82, 2.24) is 4.90 Å². The standard InChI is InChI=1S/C29H34BrClN4O8/c1-28(30,11-6-7-11)27(42)33-18-17(31)19(34(2)3)12-8-10-9-13-20(35(4)5)23(38)16(26(32)41)25(40)29(13,43)24(39)14(10)21(36)15(12)22(18)37/h10-11,13-14,16,20,37,43H,6-9H2,1-5H3,(H2,32,41)(H,33,42)/t10?,13?,14?,16?,20-,28?,29-/m0/s1. The van der Waals surface area contributed by atoms with Gasteiger partial charge in [0.1, 0.15) is 10.0 Å². The third-order valence-corrected chi connectivity index (χ3v) is 11.0. The SMILES string of the molecule is CN(C)c1c(Cl)c(NC(=O)C(C)(Br)C2CC2)c(O)c2c1CC1CC3[C@H](N(C)C)C(=O)C(C(N)=O)C(=O)[C@@]3(O)C(=O)C1C2=O. The number of nitrogens with zero attached hydrogens (tertiary/aromatic N) is 2. The van der Waals surface area contributed by atoms with Crippen LogP contribution in [0.2, 0.25) is 5.02 Å². The zero-order valence-electron chi connectivity index (χ0n) is 24.4. The number of anilines is 2. The Balaban J connectivity index is 1.65. The van der Waals surface area contributed by atoms with E-state index in [4.69, 9.17) is 17.3 Å². The first-order chi connectivity index (χ1) is 19.9. The van der Waals surface area contributed by atoms with Gasteiger partial charge in [0.25, 0.3) is 0 Å². The molecule has 0 heterocycles. The largest absolute Gasteiger partial charge is 0.505 e. The summed E-state index contributed by atoms with van der Waals surface area (Å²) in [6.07, 6.45) is 1.63. The quantitative estimate of drug-likeness (QED) is 0.192. The number of primary amides is 1. The van der Waals surface area contributed by atoms with Crippen molar-refractivity contribution in [3.05, 3.63) is 16.1 Å². The molecule has 1 aromatic rings. The molecule has 232 valence electrons. The number of amides is 2. The molecule has 4 aliphatic carbocycles. The molecule has 0 aromatic heterocycles. The van der Waals surface area contributed by atoms with E-state index in [0.717, 1.165) is 12.8 Å². The molecule has 0 spiro atoms. The zero-order valence-corrected chi connectivity index (χ0v) is 26.7. The molecule has 4 aliphatic rings. The number of likely N-dealkylation sites (N-methyl/N-ethyl adjacent to an activating group) is 1. The normalized spacial score (nSPS) is 31.6. The van der Waals surface area contributed by atoms with Crippen molar-refractivity contribution >= 4 is 73.9 Å². The first kappa shape index (κ1) is 31.6. The van der Waals surface area contributed by atoms with E-state index >= 15 is 0 Å². The molecule has 0 radical (unpaired) electrons. The maximum absolute atomic E-state index is 14.2. The van der Waals surface area contributed by atoms with Gasteiger partial charge in [0, 0.05) is 20.0 Å². The number of alkyl halides is 1. The number of halogens is 2. The van der Waals surface area contributed by atoms with Crippen molar-refractivity contribution in [1.29, 1.82) is 0 Å². The van der Waals surface area contributed by atoms with Crippen molar-refractivity contribution in [3.63, 3.8) is 0 Å². The number of carbonyl (C=O) groups excluding carboxylic acids is 6. The van der Waals surface area contributed by atoms with E-state index in [0.29, 0.717) is 11.3 Å². The monoisotopic (exact) mass is 680 g/mol. The summed E-state index contributed by atoms with van der Waals surface area (Å²) in [5.41, 5.74) is 2.77. The fraction of sp³-hybridized carbons (Fsp3) is 0.586. The topological polar surface area (TPSA) is 187 Å². The van der Waals surface area contributed by atoms with Crippen LogP contribution >= 0.6 is 27.5 Å². The van der Waals surface area contributed by atoms with Gasteiger partial charge in [-0.25, -0.2) is 0 Å². The Morgan fingerprint density at radius 3 is 2.23 bits per heavy atom. The molecule has 0 bridgehead atoms. The predicted molar refractivity (Wildman–Crippen MR) is 159 cm³/mol. The first-order valence-electron chi connectivity index (χ1n) is 14.0. The van der Waals surface area contributed by atoms with E-state index in [1.54, 1.807) is 25.9 Å². The van der Waals surface area contributed by atoms with Crippen LogP contribution in [-0.2, 0) is 30.4 Å². The summed E-state index contributed by atoms with van der Waals surface area (Å²) in [5.74, 6) is -12.1. The number of fused-ring (bicyclic) bond motifs is 3. The molecule has 7 atom stereocenters. The van der Waals surface area contributed by atoms with E-state index < -0.39 is 80.3 Å². The third kappa shape index (κ3) is 4.45. The highest BCUT2D eigenvalue weighted by atomic mass is 79.9. The Bertz CT molecular complexity index is 1510. The highest BCUT2D eigenvalue weighted by molar-refractivity contribution is 9.10. The maximum atomic E-state index is 14.2. The average molecular weight is 682 g/mol. The maximum Gasteiger partial charge on any atom is 0.241 e. The molecular formula is C29H34BrClN4O8. The fourth-order valence-corrected chi connectivity index (χ4v) is 8.29. The molecule has 2 amide bonds. The van der Waals surface area contributed by atoms with Crippen LogP contribution in [0.4, 0.5) is 11.4 Å². The molecule has 3 fully saturated rings. The van der Waals surface area contributed by atoms with Crippen LogP contribution in [-0.4, -0.2) is 94.2 Å². The van der Waals surface area contributed by atoms with Gasteiger partial charge in [0.2, 0.25) is 11.8 Å². The number of phenolic OH excluding ortho intramolecular Hbond substituents is 1. The van der Waals surface area contributed by atoms with Gasteiger partial charge in [-0.1, -0.05) is 27.5 Å². The Hall–Kier alpha value is -2.87. The smallest absolute Gasteiger partial charge is 0.241 e. The van der Waals surface area contributed by atoms with Crippen LogP contribution in [0.1, 0.15) is 42.1 Å². The van der Waals surface area contributed by atoms with Crippen LogP contribution in [0.3, 0.4) is 0 Å². The number of ketones is 4. The molecule has 14 heteroatoms. The third-order valence-electron chi connectivity index (χ3n) is 9.62. The van der Waals surface area contributed by atoms with Crippen LogP contribution in [0.25, 0.3) is 0 Å². The predicted octanol–water partition coefficient (Wildman–Crippen LogP) is 1.09. The van der Waals surface area contributed by atoms with Crippen molar-refractivity contribution in [2.24, 2.45) is 35.3 Å². The number of nitrogens with two attached hydrogens (primary N) is 1. The number of hydrogen-bond acceptors (Lipinski definition) is 10. The van der Waals surface area contributed by atoms with Crippen molar-refractivity contribution in [2.45, 2.75) is 48.6 Å². The highest BCUT2D eigenvalue weighted by Gasteiger charge is 2.69. The lowest BCUT2D eigenvalue weighted by molar-refractivity contribution is -0.181. The van der Waals surface area contributed by atoms with Gasteiger partial charge >= 0.3 is 0 Å². The number of aromatic hydroxyl groups is 1. The van der Waals surface area contributed by atoms with E-state index in [1.165, 1.54) is 19.0 Å². The van der Waals surface area contributed by atoms with E-state index in [-0.39, 0.29) is 35.0 Å². The Morgan fingerprint density at radius 1 is 1.12 bits per heavy atom. The summed E-state index contributed by atoms with van der Waals surface area (Å²) < 4.78 is -0.956. The highest BCUT2D eigenvalue weighted by Crippen LogP contribution is 2.55. The summed E-state index contributed by atoms with van der Waals surface area (Å²) in [6, 6.07) is -1.20. The minimum absolute atomic E-state index is 0.00271. The van der Waals surface area contributed by atoms with Gasteiger partial charge < -0.3 is 26.2 Å². The Kier molecular flexibility index (Phi) is 7.60. The summed E-state index contributed by atoms with van der Waals surface area (Å²) >= 11 is 10.2. The van der Waals surface area contributed by atoms with Crippen LogP contribution in [0.15, 0.2) is 0 Å². The molecule has 5 unspecified atom stereocenters. The molecule has 5 N–H and O–H groups in total. The number of nitrogens with one attached hydrogen (secondary N) is 1. The van der Waals surface area contributed by atoms with Gasteiger partial charge in [-0.2, -0.15) is 0 Å². The van der Waals surface area contributed by atoms with Crippen molar-refractivity contribution < 1.29 is 39.0 Å². The fourth-order valence-electron chi connectivity index (χ4n) is 7.31. The summed E-state index contributed by atoms with van der Waals surface area (Å²) in [5, 5.41) is 25.9. The minimum Gasteiger partial charge on any atom is -0.505 e. The van der Waals surface area contributed by atoms with Crippen molar-refractivity contribution in [3.8, 4) is 5.75 Å². The van der Waals surface area contributed by atoms with Gasteiger partial charge in [0.05, 0.1) is 28.2 Å². The molecule has 3 saturated carbocycles. The van der Waals surface area contributed by atoms with Crippen LogP contribution in [0.5, 0.6) is 5.75 Å². The molecular weight excluding hydrogens is 648 g/mol. The number of hydrogen-bond donors (Lipinski definition) is 4. The lowest BCUT2D eigenvalue weighted by atomic mass is 9.52. The number of aliphatic hydroxyl groups is 1. The molecule has 5 rings (SSSR count). The minimum atomic E-state index is -2.83. The average Bonchev–Trinajstić information content (AvgIpc) is 3.74. The van der Waals surface area contributed by atoms with E-state index in [1.807, 2.05) is 0 Å². The van der Waals surface area contributed by atoms with Crippen LogP contribution in [0, 0.1) is 29.6 Å². The van der Waals surface area contributed by atoms with Crippen LogP contribution < -0.4 is 16.0 Å². The Morgan fingerprint density at radius 2 is 1.72 bits per heavy atom. The molecule has 43 heavy (non-hydrogen) atoms. The first-order valence-corrected chi connectivity index (χ1v) is 15.2. The summed E-state index contributed by atoms with van der Waals surface area (Å²) in [6.45, 7) is 1.70. The number of Topliss-reactive ketones (excluding diaryl/α,β-unsaturated/α-hetero) is 4. The summed E-state index contributed by atoms with van der Waals surface area (Å²) in [4.78, 5) is 83.5. The number of rotatable bonds is 6. The second-order valence-electron chi connectivity index (χ2n) is 12.7. The lowest BCUT2D eigenvalue weighted by Gasteiger charge is -2.52. The molecule has 0 saturated heterocycles. The second kappa shape index (κ2) is 10.4. The number of carbonyl (C=O) groups is 6. The van der Waals surface area contributed by atoms with Gasteiger partial charge in [-0.3, -0.25) is 33.7 Å². The summed E-state index contributed by atoms with van der Waals surface area (Å²) in [7, 11) is 6.39. The molecule has 0 aliphatic heterocycles. The zero-order chi connectivity index (χ0) is 32.1. The number of phenols is 1. The van der Waals surface area contributed by atoms with E-state index in [2.05, 4.69) is 21.2 Å². The lowest BCUT2D eigenvalue weighted by Crippen LogP contribution is -2.74. The van der Waals surface area contributed by atoms with Gasteiger partial charge in [0.15, 0.2) is 40.4 Å². The van der Waals surface area contributed by atoms with Gasteiger partial charge in [-0.15, -0.1) is 0 Å². The van der Waals surface area contributed by atoms with Gasteiger partial charge in [-0.05, 0) is 64.1 Å². The molecule has 12 nitrogen and oxygen atoms in total.